The van der Waals surface area contributed by atoms with E-state index >= 15 is 0 Å². The van der Waals surface area contributed by atoms with Crippen molar-refractivity contribution in [2.75, 3.05) is 18.1 Å². The number of amides is 2. The Balaban J connectivity index is 1.31. The van der Waals surface area contributed by atoms with Crippen LogP contribution < -0.4 is 9.64 Å². The molecule has 30 heavy (non-hydrogen) atoms. The number of hydrogen-bond donors (Lipinski definition) is 0. The molecule has 2 aliphatic rings. The summed E-state index contributed by atoms with van der Waals surface area (Å²) in [5, 5.41) is 0. The van der Waals surface area contributed by atoms with Crippen LogP contribution >= 0.6 is 0 Å². The summed E-state index contributed by atoms with van der Waals surface area (Å²) >= 11 is 0. The summed E-state index contributed by atoms with van der Waals surface area (Å²) in [5.74, 6) is 0.693. The van der Waals surface area contributed by atoms with Gasteiger partial charge in [-0.1, -0.05) is 48.5 Å². The van der Waals surface area contributed by atoms with Crippen molar-refractivity contribution in [3.05, 3.63) is 95.1 Å². The van der Waals surface area contributed by atoms with Crippen molar-refractivity contribution in [1.82, 2.24) is 4.90 Å². The van der Waals surface area contributed by atoms with Crippen LogP contribution in [0.3, 0.4) is 0 Å². The summed E-state index contributed by atoms with van der Waals surface area (Å²) in [6, 6.07) is 23.4. The van der Waals surface area contributed by atoms with Gasteiger partial charge >= 0.3 is 0 Å². The van der Waals surface area contributed by atoms with Gasteiger partial charge in [0.2, 0.25) is 0 Å². The second-order valence-electron chi connectivity index (χ2n) is 7.68. The van der Waals surface area contributed by atoms with Crippen LogP contribution in [0.5, 0.6) is 5.75 Å². The van der Waals surface area contributed by atoms with Crippen LogP contribution in [-0.2, 0) is 24.3 Å². The van der Waals surface area contributed by atoms with Gasteiger partial charge in [0.05, 0.1) is 12.2 Å². The van der Waals surface area contributed by atoms with Crippen molar-refractivity contribution < 1.29 is 14.3 Å². The van der Waals surface area contributed by atoms with Gasteiger partial charge < -0.3 is 14.5 Å². The molecule has 0 fully saturated rings. The minimum absolute atomic E-state index is 0.0452. The molecule has 5 heteroatoms. The molecule has 0 radical (unpaired) electrons. The molecule has 2 aliphatic heterocycles. The summed E-state index contributed by atoms with van der Waals surface area (Å²) in [5.41, 5.74) is 4.97. The first-order chi connectivity index (χ1) is 14.7. The molecular weight excluding hydrogens is 376 g/mol. The highest BCUT2D eigenvalue weighted by molar-refractivity contribution is 5.98. The molecular formula is C25H22N2O3. The molecule has 3 aromatic carbocycles. The van der Waals surface area contributed by atoms with Gasteiger partial charge in [-0.05, 0) is 47.4 Å². The Morgan fingerprint density at radius 3 is 2.47 bits per heavy atom. The van der Waals surface area contributed by atoms with Crippen LogP contribution in [0.15, 0.2) is 72.8 Å². The molecule has 0 aliphatic carbocycles. The lowest BCUT2D eigenvalue weighted by atomic mass is 9.99. The molecule has 5 rings (SSSR count). The van der Waals surface area contributed by atoms with Crippen molar-refractivity contribution in [3.8, 4) is 5.75 Å². The third kappa shape index (κ3) is 3.43. The van der Waals surface area contributed by atoms with Crippen LogP contribution in [-0.4, -0.2) is 29.9 Å². The van der Waals surface area contributed by atoms with Crippen molar-refractivity contribution >= 4 is 17.5 Å². The molecule has 0 unspecified atom stereocenters. The fourth-order valence-corrected chi connectivity index (χ4v) is 4.11. The lowest BCUT2D eigenvalue weighted by Crippen LogP contribution is -2.38. The maximum absolute atomic E-state index is 13.0. The summed E-state index contributed by atoms with van der Waals surface area (Å²) in [6.45, 7) is 1.88. The number of carbonyl (C=O) groups excluding carboxylic acids is 2. The Labute approximate surface area is 175 Å². The maximum Gasteiger partial charge on any atom is 0.265 e. The van der Waals surface area contributed by atoms with E-state index in [0.717, 1.165) is 24.2 Å². The predicted molar refractivity (Wildman–Crippen MR) is 114 cm³/mol. The first-order valence-electron chi connectivity index (χ1n) is 10.2. The summed E-state index contributed by atoms with van der Waals surface area (Å²) in [7, 11) is 0. The van der Waals surface area contributed by atoms with Crippen LogP contribution in [0, 0.1) is 0 Å². The number of anilines is 1. The Morgan fingerprint density at radius 2 is 1.63 bits per heavy atom. The zero-order valence-electron chi connectivity index (χ0n) is 16.6. The van der Waals surface area contributed by atoms with Crippen LogP contribution in [0.2, 0.25) is 0 Å². The van der Waals surface area contributed by atoms with E-state index in [-0.39, 0.29) is 18.4 Å². The third-order valence-corrected chi connectivity index (χ3v) is 5.77. The minimum Gasteiger partial charge on any atom is -0.482 e. The van der Waals surface area contributed by atoms with Crippen molar-refractivity contribution in [2.24, 2.45) is 0 Å². The van der Waals surface area contributed by atoms with E-state index in [9.17, 15) is 9.59 Å². The van der Waals surface area contributed by atoms with E-state index < -0.39 is 0 Å². The standard InChI is InChI=1S/C25H22N2O3/c28-24-17-30-23-8-4-3-7-22(23)27(24)15-18-9-11-20(12-10-18)25(29)26-14-13-19-5-1-2-6-21(19)16-26/h1-12H,13-17H2. The minimum atomic E-state index is -0.0687. The molecule has 0 atom stereocenters. The number of hydrogen-bond acceptors (Lipinski definition) is 3. The molecule has 150 valence electrons. The van der Waals surface area contributed by atoms with Crippen molar-refractivity contribution in [3.63, 3.8) is 0 Å². The fraction of sp³-hybridized carbons (Fsp3) is 0.200. The fourth-order valence-electron chi connectivity index (χ4n) is 4.11. The van der Waals surface area contributed by atoms with E-state index in [1.54, 1.807) is 4.90 Å². The number of fused-ring (bicyclic) bond motifs is 2. The number of rotatable bonds is 3. The molecule has 2 heterocycles. The Hall–Kier alpha value is -3.60. The van der Waals surface area contributed by atoms with Gasteiger partial charge in [0, 0.05) is 18.7 Å². The summed E-state index contributed by atoms with van der Waals surface area (Å²) in [4.78, 5) is 29.0. The molecule has 2 amide bonds. The molecule has 0 saturated heterocycles. The Kier molecular flexibility index (Phi) is 4.71. The van der Waals surface area contributed by atoms with Crippen LogP contribution in [0.1, 0.15) is 27.0 Å². The normalized spacial score (nSPS) is 15.3. The number of benzene rings is 3. The lowest BCUT2D eigenvalue weighted by Gasteiger charge is -2.30. The zero-order chi connectivity index (χ0) is 20.5. The molecule has 5 nitrogen and oxygen atoms in total. The first kappa shape index (κ1) is 18.4. The highest BCUT2D eigenvalue weighted by Crippen LogP contribution is 2.32. The van der Waals surface area contributed by atoms with E-state index in [4.69, 9.17) is 4.74 Å². The molecule has 3 aromatic rings. The quantitative estimate of drug-likeness (QED) is 0.674. The number of ether oxygens (including phenoxy) is 1. The van der Waals surface area contributed by atoms with Gasteiger partial charge in [0.1, 0.15) is 5.75 Å². The summed E-state index contributed by atoms with van der Waals surface area (Å²) in [6.07, 6.45) is 0.887. The van der Waals surface area contributed by atoms with Crippen molar-refractivity contribution in [1.29, 1.82) is 0 Å². The molecule has 0 aromatic heterocycles. The second-order valence-corrected chi connectivity index (χ2v) is 7.68. The summed E-state index contributed by atoms with van der Waals surface area (Å²) < 4.78 is 5.51. The Morgan fingerprint density at radius 1 is 0.900 bits per heavy atom. The SMILES string of the molecule is O=C(c1ccc(CN2C(=O)COc3ccccc32)cc1)N1CCc2ccccc2C1. The highest BCUT2D eigenvalue weighted by atomic mass is 16.5. The van der Waals surface area contributed by atoms with Gasteiger partial charge in [-0.15, -0.1) is 0 Å². The van der Waals surface area contributed by atoms with Gasteiger partial charge in [-0.2, -0.15) is 0 Å². The monoisotopic (exact) mass is 398 g/mol. The number of nitrogens with zero attached hydrogens (tertiary/aromatic N) is 2. The van der Waals surface area contributed by atoms with Crippen LogP contribution in [0.4, 0.5) is 5.69 Å². The van der Waals surface area contributed by atoms with Crippen LogP contribution in [0.25, 0.3) is 0 Å². The predicted octanol–water partition coefficient (Wildman–Crippen LogP) is 3.81. The van der Waals surface area contributed by atoms with Gasteiger partial charge in [-0.25, -0.2) is 0 Å². The maximum atomic E-state index is 13.0. The van der Waals surface area contributed by atoms with E-state index in [1.807, 2.05) is 65.6 Å². The third-order valence-electron chi connectivity index (χ3n) is 5.77. The zero-order valence-corrected chi connectivity index (χ0v) is 16.6. The molecule has 0 bridgehead atoms. The molecule has 0 spiro atoms. The van der Waals surface area contributed by atoms with Gasteiger partial charge in [0.15, 0.2) is 6.61 Å². The molecule has 0 N–H and O–H groups in total. The lowest BCUT2D eigenvalue weighted by molar-refractivity contribution is -0.121. The van der Waals surface area contributed by atoms with Gasteiger partial charge in [-0.3, -0.25) is 9.59 Å². The number of para-hydroxylation sites is 2. The topological polar surface area (TPSA) is 49.9 Å². The average Bonchev–Trinajstić information content (AvgIpc) is 2.80. The average molecular weight is 398 g/mol. The van der Waals surface area contributed by atoms with Crippen molar-refractivity contribution in [2.45, 2.75) is 19.5 Å². The van der Waals surface area contributed by atoms with E-state index in [1.165, 1.54) is 11.1 Å². The molecule has 0 saturated carbocycles. The number of carbonyl (C=O) groups is 2. The largest absolute Gasteiger partial charge is 0.482 e. The highest BCUT2D eigenvalue weighted by Gasteiger charge is 2.25. The smallest absolute Gasteiger partial charge is 0.265 e. The Bertz CT molecular complexity index is 1110. The second kappa shape index (κ2) is 7.67. The van der Waals surface area contributed by atoms with E-state index in [2.05, 4.69) is 12.1 Å². The van der Waals surface area contributed by atoms with E-state index in [0.29, 0.717) is 24.4 Å². The first-order valence-corrected chi connectivity index (χ1v) is 10.2. The van der Waals surface area contributed by atoms with Gasteiger partial charge in [0.25, 0.3) is 11.8 Å².